The normalized spacial score (nSPS) is 22.2. The molecule has 0 atom stereocenters. The van der Waals surface area contributed by atoms with E-state index in [0.29, 0.717) is 17.9 Å². The average molecular weight is 459 g/mol. The predicted octanol–water partition coefficient (Wildman–Crippen LogP) is 5.41. The summed E-state index contributed by atoms with van der Waals surface area (Å²) >= 11 is 0. The lowest BCUT2D eigenvalue weighted by atomic mass is 9.82. The molecule has 0 unspecified atom stereocenters. The van der Waals surface area contributed by atoms with Gasteiger partial charge in [-0.1, -0.05) is 13.8 Å². The SMILES string of the molecule is Cc1cc(-c2cc3n[nH]c(C4CCC(N5CCCOC5)CC4)c3cc2C(C)C)cn2ncnc12. The second-order valence-electron chi connectivity index (χ2n) is 10.4. The van der Waals surface area contributed by atoms with E-state index in [0.717, 1.165) is 42.0 Å². The van der Waals surface area contributed by atoms with E-state index in [1.54, 1.807) is 6.33 Å². The molecule has 1 aliphatic heterocycles. The van der Waals surface area contributed by atoms with Crippen molar-refractivity contribution in [1.29, 1.82) is 0 Å². The number of hydrogen-bond donors (Lipinski definition) is 1. The summed E-state index contributed by atoms with van der Waals surface area (Å²) in [7, 11) is 0. The molecule has 0 radical (unpaired) electrons. The van der Waals surface area contributed by atoms with Crippen molar-refractivity contribution in [2.75, 3.05) is 19.9 Å². The lowest BCUT2D eigenvalue weighted by Gasteiger charge is -2.38. The molecular formula is C27H34N6O. The number of aryl methyl sites for hydroxylation is 1. The Morgan fingerprint density at radius 3 is 2.74 bits per heavy atom. The second-order valence-corrected chi connectivity index (χ2v) is 10.4. The lowest BCUT2D eigenvalue weighted by molar-refractivity contribution is -0.0438. The minimum absolute atomic E-state index is 0.406. The molecule has 2 fully saturated rings. The number of rotatable bonds is 4. The van der Waals surface area contributed by atoms with Gasteiger partial charge in [-0.3, -0.25) is 10.00 Å². The number of aromatic amines is 1. The number of benzene rings is 1. The van der Waals surface area contributed by atoms with Gasteiger partial charge in [0.25, 0.3) is 0 Å². The van der Waals surface area contributed by atoms with E-state index in [2.05, 4.69) is 65.2 Å². The van der Waals surface area contributed by atoms with Crippen LogP contribution in [0, 0.1) is 6.92 Å². The Hall–Kier alpha value is -2.77. The van der Waals surface area contributed by atoms with E-state index >= 15 is 0 Å². The summed E-state index contributed by atoms with van der Waals surface area (Å²) in [4.78, 5) is 6.92. The van der Waals surface area contributed by atoms with Gasteiger partial charge in [-0.2, -0.15) is 10.2 Å². The van der Waals surface area contributed by atoms with Crippen LogP contribution in [0.1, 0.15) is 74.6 Å². The van der Waals surface area contributed by atoms with Gasteiger partial charge in [0, 0.05) is 48.0 Å². The predicted molar refractivity (Wildman–Crippen MR) is 134 cm³/mol. The molecule has 7 nitrogen and oxygen atoms in total. The number of fused-ring (bicyclic) bond motifs is 2. The van der Waals surface area contributed by atoms with E-state index < -0.39 is 0 Å². The number of H-pyrrole nitrogens is 1. The summed E-state index contributed by atoms with van der Waals surface area (Å²) < 4.78 is 7.58. The Balaban J connectivity index is 1.32. The van der Waals surface area contributed by atoms with Crippen LogP contribution >= 0.6 is 0 Å². The third-order valence-electron chi connectivity index (χ3n) is 7.86. The summed E-state index contributed by atoms with van der Waals surface area (Å²) in [6.45, 7) is 9.55. The first-order chi connectivity index (χ1) is 16.6. The first kappa shape index (κ1) is 21.7. The zero-order valence-electron chi connectivity index (χ0n) is 20.4. The molecule has 4 aromatic rings. The van der Waals surface area contributed by atoms with Crippen LogP contribution in [0.3, 0.4) is 0 Å². The fraction of sp³-hybridized carbons (Fsp3) is 0.519. The van der Waals surface area contributed by atoms with Gasteiger partial charge in [0.1, 0.15) is 6.33 Å². The minimum atomic E-state index is 0.406. The number of nitrogens with zero attached hydrogens (tertiary/aromatic N) is 5. The number of nitrogens with one attached hydrogen (secondary N) is 1. The van der Waals surface area contributed by atoms with Crippen molar-refractivity contribution >= 4 is 16.6 Å². The van der Waals surface area contributed by atoms with E-state index in [1.807, 2.05) is 4.52 Å². The lowest BCUT2D eigenvalue weighted by Crippen LogP contribution is -2.42. The molecule has 34 heavy (non-hydrogen) atoms. The maximum atomic E-state index is 5.70. The zero-order chi connectivity index (χ0) is 23.2. The van der Waals surface area contributed by atoms with E-state index in [1.165, 1.54) is 54.4 Å². The van der Waals surface area contributed by atoms with Crippen LogP contribution in [0.5, 0.6) is 0 Å². The van der Waals surface area contributed by atoms with Crippen LogP contribution in [-0.4, -0.2) is 55.6 Å². The molecule has 7 heteroatoms. The third kappa shape index (κ3) is 3.81. The van der Waals surface area contributed by atoms with Crippen LogP contribution in [0.15, 0.2) is 30.7 Å². The summed E-state index contributed by atoms with van der Waals surface area (Å²) in [6.07, 6.45) is 9.75. The fourth-order valence-corrected chi connectivity index (χ4v) is 6.01. The Morgan fingerprint density at radius 1 is 1.12 bits per heavy atom. The molecule has 6 rings (SSSR count). The van der Waals surface area contributed by atoms with Crippen LogP contribution in [0.25, 0.3) is 27.7 Å². The van der Waals surface area contributed by atoms with Gasteiger partial charge in [-0.15, -0.1) is 0 Å². The standard InChI is InChI=1S/C27H34N6O/c1-17(2)22-12-24-25(13-23(22)20-11-18(3)27-28-15-29-33(27)14-20)30-31-26(24)19-5-7-21(8-6-19)32-9-4-10-34-16-32/h11-15,17,19,21H,4-10,16H2,1-3H3,(H,30,31). The molecule has 3 aromatic heterocycles. The van der Waals surface area contributed by atoms with Gasteiger partial charge in [0.2, 0.25) is 0 Å². The van der Waals surface area contributed by atoms with Crippen LogP contribution < -0.4 is 0 Å². The van der Waals surface area contributed by atoms with Crippen LogP contribution in [-0.2, 0) is 4.74 Å². The van der Waals surface area contributed by atoms with Crippen molar-refractivity contribution in [3.05, 3.63) is 47.5 Å². The molecular weight excluding hydrogens is 424 g/mol. The zero-order valence-corrected chi connectivity index (χ0v) is 20.4. The molecule has 1 saturated heterocycles. The van der Waals surface area contributed by atoms with E-state index in [-0.39, 0.29) is 0 Å². The largest absolute Gasteiger partial charge is 0.366 e. The maximum absolute atomic E-state index is 5.70. The number of pyridine rings is 1. The maximum Gasteiger partial charge on any atom is 0.158 e. The smallest absolute Gasteiger partial charge is 0.158 e. The summed E-state index contributed by atoms with van der Waals surface area (Å²) in [6, 6.07) is 7.54. The first-order valence-electron chi connectivity index (χ1n) is 12.7. The minimum Gasteiger partial charge on any atom is -0.366 e. The molecule has 0 amide bonds. The van der Waals surface area contributed by atoms with Gasteiger partial charge in [0.05, 0.1) is 12.2 Å². The highest BCUT2D eigenvalue weighted by Gasteiger charge is 2.29. The number of ether oxygens (including phenoxy) is 1. The monoisotopic (exact) mass is 458 g/mol. The number of aromatic nitrogens is 5. The Bertz CT molecular complexity index is 1310. The Morgan fingerprint density at radius 2 is 1.97 bits per heavy atom. The van der Waals surface area contributed by atoms with Crippen molar-refractivity contribution in [2.24, 2.45) is 0 Å². The molecule has 1 aliphatic carbocycles. The van der Waals surface area contributed by atoms with Gasteiger partial charge in [0.15, 0.2) is 5.65 Å². The van der Waals surface area contributed by atoms with Gasteiger partial charge >= 0.3 is 0 Å². The molecule has 0 bridgehead atoms. The summed E-state index contributed by atoms with van der Waals surface area (Å²) in [5.74, 6) is 0.954. The molecule has 1 saturated carbocycles. The number of hydrogen-bond acceptors (Lipinski definition) is 5. The molecule has 4 heterocycles. The average Bonchev–Trinajstić information content (AvgIpc) is 3.51. The molecule has 178 valence electrons. The molecule has 1 N–H and O–H groups in total. The molecule has 0 spiro atoms. The van der Waals surface area contributed by atoms with Gasteiger partial charge in [-0.05, 0) is 79.8 Å². The van der Waals surface area contributed by atoms with Gasteiger partial charge in [-0.25, -0.2) is 9.50 Å². The van der Waals surface area contributed by atoms with Crippen LogP contribution in [0.2, 0.25) is 0 Å². The topological polar surface area (TPSA) is 71.3 Å². The van der Waals surface area contributed by atoms with Crippen LogP contribution in [0.4, 0.5) is 0 Å². The van der Waals surface area contributed by atoms with E-state index in [9.17, 15) is 0 Å². The highest BCUT2D eigenvalue weighted by molar-refractivity contribution is 5.89. The highest BCUT2D eigenvalue weighted by atomic mass is 16.5. The van der Waals surface area contributed by atoms with E-state index in [4.69, 9.17) is 9.84 Å². The fourth-order valence-electron chi connectivity index (χ4n) is 6.01. The Labute approximate surface area is 200 Å². The van der Waals surface area contributed by atoms with Crippen molar-refractivity contribution < 1.29 is 4.74 Å². The second kappa shape index (κ2) is 8.78. The van der Waals surface area contributed by atoms with Crippen molar-refractivity contribution in [3.63, 3.8) is 0 Å². The summed E-state index contributed by atoms with van der Waals surface area (Å²) in [5, 5.41) is 13.9. The molecule has 2 aliphatic rings. The van der Waals surface area contributed by atoms with Gasteiger partial charge < -0.3 is 4.74 Å². The third-order valence-corrected chi connectivity index (χ3v) is 7.86. The Kier molecular flexibility index (Phi) is 5.62. The molecule has 1 aromatic carbocycles. The first-order valence-corrected chi connectivity index (χ1v) is 12.7. The summed E-state index contributed by atoms with van der Waals surface area (Å²) in [5.41, 5.74) is 8.16. The highest BCUT2D eigenvalue weighted by Crippen LogP contribution is 2.40. The van der Waals surface area contributed by atoms with Crippen molar-refractivity contribution in [1.82, 2.24) is 29.7 Å². The van der Waals surface area contributed by atoms with Crippen molar-refractivity contribution in [3.8, 4) is 11.1 Å². The van der Waals surface area contributed by atoms with Crippen molar-refractivity contribution in [2.45, 2.75) is 70.8 Å². The quantitative estimate of drug-likeness (QED) is 0.443.